The van der Waals surface area contributed by atoms with Crippen LogP contribution in [0.25, 0.3) is 10.2 Å². The monoisotopic (exact) mass is 400 g/mol. The van der Waals surface area contributed by atoms with E-state index in [-0.39, 0.29) is 18.5 Å². The molecule has 1 aromatic heterocycles. The molecule has 0 radical (unpaired) electrons. The van der Waals surface area contributed by atoms with Crippen LogP contribution in [0.3, 0.4) is 0 Å². The zero-order valence-corrected chi connectivity index (χ0v) is 16.2. The summed E-state index contributed by atoms with van der Waals surface area (Å²) in [4.78, 5) is 32.6. The molecule has 4 rings (SSSR count). The van der Waals surface area contributed by atoms with E-state index in [1.54, 1.807) is 29.2 Å². The van der Waals surface area contributed by atoms with Crippen molar-refractivity contribution in [2.45, 2.75) is 6.92 Å². The molecule has 138 valence electrons. The summed E-state index contributed by atoms with van der Waals surface area (Å²) in [5, 5.41) is 3.97. The van der Waals surface area contributed by atoms with Gasteiger partial charge < -0.3 is 10.2 Å². The minimum absolute atomic E-state index is 0.00215. The van der Waals surface area contributed by atoms with E-state index in [0.29, 0.717) is 23.2 Å². The van der Waals surface area contributed by atoms with Crippen LogP contribution < -0.4 is 10.2 Å². The molecule has 2 aromatic carbocycles. The molecule has 6 nitrogen and oxygen atoms in total. The van der Waals surface area contributed by atoms with Crippen LogP contribution in [-0.2, 0) is 4.79 Å². The van der Waals surface area contributed by atoms with Crippen LogP contribution in [0.1, 0.15) is 5.56 Å². The Kier molecular flexibility index (Phi) is 4.72. The Morgan fingerprint density at radius 3 is 2.74 bits per heavy atom. The van der Waals surface area contributed by atoms with E-state index in [4.69, 9.17) is 11.6 Å². The average Bonchev–Trinajstić information content (AvgIpc) is 3.21. The van der Waals surface area contributed by atoms with Crippen LogP contribution in [0.4, 0.5) is 15.6 Å². The number of nitrogens with one attached hydrogen (secondary N) is 1. The molecule has 3 aromatic rings. The molecule has 2 heterocycles. The summed E-state index contributed by atoms with van der Waals surface area (Å²) in [7, 11) is 0. The summed E-state index contributed by atoms with van der Waals surface area (Å²) < 4.78 is 1.02. The molecule has 0 atom stereocenters. The molecule has 1 aliphatic heterocycles. The van der Waals surface area contributed by atoms with Gasteiger partial charge in [-0.3, -0.25) is 9.69 Å². The average molecular weight is 401 g/mol. The number of carbonyl (C=O) groups excluding carboxylic acids is 2. The number of carbonyl (C=O) groups is 2. The maximum Gasteiger partial charge on any atom is 0.325 e. The van der Waals surface area contributed by atoms with Gasteiger partial charge in [-0.05, 0) is 42.8 Å². The topological polar surface area (TPSA) is 65.5 Å². The van der Waals surface area contributed by atoms with Crippen molar-refractivity contribution in [1.82, 2.24) is 9.88 Å². The first-order valence-corrected chi connectivity index (χ1v) is 9.69. The predicted molar refractivity (Wildman–Crippen MR) is 109 cm³/mol. The molecule has 1 saturated heterocycles. The Hall–Kier alpha value is -2.64. The number of hydrogen-bond donors (Lipinski definition) is 1. The molecule has 0 aliphatic carbocycles. The molecule has 0 unspecified atom stereocenters. The number of benzene rings is 2. The van der Waals surface area contributed by atoms with Crippen LogP contribution >= 0.6 is 22.9 Å². The highest BCUT2D eigenvalue weighted by Crippen LogP contribution is 2.28. The van der Waals surface area contributed by atoms with Crippen LogP contribution in [-0.4, -0.2) is 41.5 Å². The van der Waals surface area contributed by atoms with Crippen molar-refractivity contribution in [3.8, 4) is 0 Å². The molecule has 1 aliphatic rings. The van der Waals surface area contributed by atoms with Crippen molar-refractivity contribution >= 4 is 55.9 Å². The van der Waals surface area contributed by atoms with Crippen molar-refractivity contribution in [3.63, 3.8) is 0 Å². The van der Waals surface area contributed by atoms with Crippen molar-refractivity contribution in [2.75, 3.05) is 29.9 Å². The van der Waals surface area contributed by atoms with Gasteiger partial charge in [0.2, 0.25) is 5.91 Å². The Balaban J connectivity index is 1.41. The van der Waals surface area contributed by atoms with Crippen molar-refractivity contribution < 1.29 is 9.59 Å². The Morgan fingerprint density at radius 2 is 2.00 bits per heavy atom. The van der Waals surface area contributed by atoms with Gasteiger partial charge in [0.25, 0.3) is 0 Å². The molecule has 3 amide bonds. The second-order valence-electron chi connectivity index (χ2n) is 6.32. The van der Waals surface area contributed by atoms with Gasteiger partial charge in [0.1, 0.15) is 6.54 Å². The highest BCUT2D eigenvalue weighted by Gasteiger charge is 2.30. The minimum Gasteiger partial charge on any atom is -0.313 e. The quantitative estimate of drug-likeness (QED) is 0.715. The second-order valence-corrected chi connectivity index (χ2v) is 7.79. The first kappa shape index (κ1) is 17.8. The molecule has 1 N–H and O–H groups in total. The number of rotatable bonds is 4. The number of hydrogen-bond acceptors (Lipinski definition) is 4. The van der Waals surface area contributed by atoms with Crippen molar-refractivity contribution in [1.29, 1.82) is 0 Å². The summed E-state index contributed by atoms with van der Waals surface area (Å²) in [5.41, 5.74) is 2.73. The number of thiazole rings is 1. The fraction of sp³-hybridized carbons (Fsp3) is 0.211. The Morgan fingerprint density at radius 1 is 1.22 bits per heavy atom. The first-order valence-electron chi connectivity index (χ1n) is 8.49. The molecule has 8 heteroatoms. The molecule has 0 bridgehead atoms. The zero-order chi connectivity index (χ0) is 19.0. The molecule has 0 saturated carbocycles. The summed E-state index contributed by atoms with van der Waals surface area (Å²) in [5.74, 6) is -0.252. The Labute approximate surface area is 165 Å². The number of halogens is 1. The van der Waals surface area contributed by atoms with E-state index in [2.05, 4.69) is 10.3 Å². The van der Waals surface area contributed by atoms with Gasteiger partial charge >= 0.3 is 6.03 Å². The van der Waals surface area contributed by atoms with E-state index in [9.17, 15) is 9.59 Å². The van der Waals surface area contributed by atoms with Crippen LogP contribution in [0.5, 0.6) is 0 Å². The highest BCUT2D eigenvalue weighted by molar-refractivity contribution is 7.22. The molecule has 1 fully saturated rings. The maximum absolute atomic E-state index is 12.6. The smallest absolute Gasteiger partial charge is 0.313 e. The predicted octanol–water partition coefficient (Wildman–Crippen LogP) is 4.14. The lowest BCUT2D eigenvalue weighted by atomic mass is 10.2. The lowest BCUT2D eigenvalue weighted by molar-refractivity contribution is -0.116. The minimum atomic E-state index is -0.252. The zero-order valence-electron chi connectivity index (χ0n) is 14.6. The lowest BCUT2D eigenvalue weighted by Gasteiger charge is -2.18. The summed E-state index contributed by atoms with van der Waals surface area (Å²) >= 11 is 7.32. The van der Waals surface area contributed by atoms with Gasteiger partial charge in [-0.2, -0.15) is 0 Å². The third-order valence-electron chi connectivity index (χ3n) is 4.43. The number of anilines is 2. The first-order chi connectivity index (χ1) is 13.0. The van der Waals surface area contributed by atoms with Gasteiger partial charge in [0.15, 0.2) is 5.13 Å². The Bertz CT molecular complexity index is 1020. The number of amides is 3. The van der Waals surface area contributed by atoms with Crippen LogP contribution in [0, 0.1) is 6.92 Å². The number of aromatic nitrogens is 1. The summed E-state index contributed by atoms with van der Waals surface area (Å²) in [6, 6.07) is 12.8. The largest absolute Gasteiger partial charge is 0.325 e. The van der Waals surface area contributed by atoms with E-state index >= 15 is 0 Å². The summed E-state index contributed by atoms with van der Waals surface area (Å²) in [6.07, 6.45) is 0. The number of aryl methyl sites for hydroxylation is 1. The maximum atomic E-state index is 12.6. The number of urea groups is 1. The van der Waals surface area contributed by atoms with Gasteiger partial charge in [-0.15, -0.1) is 0 Å². The SMILES string of the molecule is Cc1cccc2sc(NC(=O)CN3CCN(c4ccc(Cl)cc4)C3=O)nc12. The van der Waals surface area contributed by atoms with Crippen LogP contribution in [0.15, 0.2) is 42.5 Å². The van der Waals surface area contributed by atoms with Crippen molar-refractivity contribution in [3.05, 3.63) is 53.1 Å². The fourth-order valence-corrected chi connectivity index (χ4v) is 4.15. The molecule has 0 spiro atoms. The fourth-order valence-electron chi connectivity index (χ4n) is 3.06. The normalized spacial score (nSPS) is 14.2. The van der Waals surface area contributed by atoms with Gasteiger partial charge in [0, 0.05) is 23.8 Å². The highest BCUT2D eigenvalue weighted by atomic mass is 35.5. The standard InChI is InChI=1S/C19H17ClN4O2S/c1-12-3-2-4-15-17(12)22-18(27-15)21-16(25)11-23-9-10-24(19(23)26)14-7-5-13(20)6-8-14/h2-8H,9-11H2,1H3,(H,21,22,25). The molecular formula is C19H17ClN4O2S. The lowest BCUT2D eigenvalue weighted by Crippen LogP contribution is -2.37. The molecule has 27 heavy (non-hydrogen) atoms. The van der Waals surface area contributed by atoms with Gasteiger partial charge in [-0.25, -0.2) is 9.78 Å². The van der Waals surface area contributed by atoms with Gasteiger partial charge in [0.05, 0.1) is 10.2 Å². The van der Waals surface area contributed by atoms with Gasteiger partial charge in [-0.1, -0.05) is 35.1 Å². The van der Waals surface area contributed by atoms with E-state index in [1.165, 1.54) is 16.2 Å². The molecular weight excluding hydrogens is 384 g/mol. The summed E-state index contributed by atoms with van der Waals surface area (Å²) in [6.45, 7) is 3.02. The van der Waals surface area contributed by atoms with E-state index < -0.39 is 0 Å². The number of nitrogens with zero attached hydrogens (tertiary/aromatic N) is 3. The van der Waals surface area contributed by atoms with Crippen molar-refractivity contribution in [2.24, 2.45) is 0 Å². The van der Waals surface area contributed by atoms with E-state index in [1.807, 2.05) is 25.1 Å². The van der Waals surface area contributed by atoms with E-state index in [0.717, 1.165) is 21.5 Å². The third kappa shape index (κ3) is 3.61. The third-order valence-corrected chi connectivity index (χ3v) is 5.62. The van der Waals surface area contributed by atoms with Crippen LogP contribution in [0.2, 0.25) is 5.02 Å². The number of para-hydroxylation sites is 1. The number of fused-ring (bicyclic) bond motifs is 1. The second kappa shape index (κ2) is 7.17.